The molecule has 1 saturated heterocycles. The lowest BCUT2D eigenvalue weighted by Crippen LogP contribution is -2.48. The fourth-order valence-electron chi connectivity index (χ4n) is 5.04. The van der Waals surface area contributed by atoms with Crippen molar-refractivity contribution in [3.8, 4) is 5.75 Å². The number of para-hydroxylation sites is 1. The van der Waals surface area contributed by atoms with Crippen LogP contribution in [-0.4, -0.2) is 24.0 Å². The molecule has 0 bridgehead atoms. The van der Waals surface area contributed by atoms with E-state index in [1.54, 1.807) is 19.2 Å². The summed E-state index contributed by atoms with van der Waals surface area (Å²) in [6, 6.07) is 22.1. The maximum absolute atomic E-state index is 13.5. The van der Waals surface area contributed by atoms with Crippen LogP contribution in [0.4, 0.5) is 5.69 Å². The van der Waals surface area contributed by atoms with Gasteiger partial charge in [0, 0.05) is 16.2 Å². The van der Waals surface area contributed by atoms with Crippen molar-refractivity contribution in [2.75, 3.05) is 12.4 Å². The van der Waals surface area contributed by atoms with Crippen molar-refractivity contribution in [3.63, 3.8) is 0 Å². The van der Waals surface area contributed by atoms with Gasteiger partial charge in [-0.1, -0.05) is 60.7 Å². The summed E-state index contributed by atoms with van der Waals surface area (Å²) >= 11 is 0. The number of hydrogen-bond acceptors (Lipinski definition) is 5. The van der Waals surface area contributed by atoms with Crippen molar-refractivity contribution in [1.29, 1.82) is 0 Å². The van der Waals surface area contributed by atoms with Crippen molar-refractivity contribution in [2.45, 2.75) is 23.5 Å². The Labute approximate surface area is 179 Å². The third-order valence-electron chi connectivity index (χ3n) is 6.37. The van der Waals surface area contributed by atoms with Gasteiger partial charge in [0.25, 0.3) is 0 Å². The van der Waals surface area contributed by atoms with E-state index in [-0.39, 0.29) is 10.8 Å². The number of benzene rings is 3. The summed E-state index contributed by atoms with van der Waals surface area (Å²) in [7, 11) is 1.57. The first-order valence-corrected chi connectivity index (χ1v) is 10.1. The van der Waals surface area contributed by atoms with E-state index in [2.05, 4.69) is 10.6 Å². The Hall–Kier alpha value is -3.71. The van der Waals surface area contributed by atoms with E-state index in [9.17, 15) is 14.9 Å². The molecule has 31 heavy (non-hydrogen) atoms. The van der Waals surface area contributed by atoms with E-state index < -0.39 is 23.5 Å². The molecule has 2 aliphatic heterocycles. The minimum Gasteiger partial charge on any atom is -0.497 e. The number of carbonyl (C=O) groups is 1. The SMILES string of the molecule is COc1ccc([C@@H]2[C@@H]([N+](=O)[O-])[C@@H](c3ccccc3)N[C@]23C(=O)Nc2ccccc23)cc1. The van der Waals surface area contributed by atoms with Crippen LogP contribution in [0, 0.1) is 10.1 Å². The van der Waals surface area contributed by atoms with Crippen LogP contribution in [0.15, 0.2) is 78.9 Å². The summed E-state index contributed by atoms with van der Waals surface area (Å²) < 4.78 is 5.26. The van der Waals surface area contributed by atoms with Crippen LogP contribution in [-0.2, 0) is 10.3 Å². The van der Waals surface area contributed by atoms with Gasteiger partial charge in [0.2, 0.25) is 11.9 Å². The molecule has 2 heterocycles. The molecule has 0 aromatic heterocycles. The normalized spacial score (nSPS) is 26.5. The Kier molecular flexibility index (Phi) is 4.48. The van der Waals surface area contributed by atoms with Gasteiger partial charge in [-0.15, -0.1) is 0 Å². The van der Waals surface area contributed by atoms with E-state index in [0.717, 1.165) is 11.1 Å². The number of amides is 1. The minimum atomic E-state index is -1.26. The van der Waals surface area contributed by atoms with Gasteiger partial charge >= 0.3 is 0 Å². The van der Waals surface area contributed by atoms with Crippen LogP contribution in [0.2, 0.25) is 0 Å². The van der Waals surface area contributed by atoms with Gasteiger partial charge in [0.1, 0.15) is 17.3 Å². The molecule has 0 saturated carbocycles. The average Bonchev–Trinajstić information content (AvgIpc) is 3.31. The molecule has 4 atom stereocenters. The van der Waals surface area contributed by atoms with E-state index in [0.29, 0.717) is 17.0 Å². The molecule has 7 heteroatoms. The number of nitrogens with one attached hydrogen (secondary N) is 2. The maximum atomic E-state index is 13.5. The molecular weight excluding hydrogens is 394 g/mol. The van der Waals surface area contributed by atoms with Crippen LogP contribution >= 0.6 is 0 Å². The van der Waals surface area contributed by atoms with E-state index >= 15 is 0 Å². The lowest BCUT2D eigenvalue weighted by atomic mass is 9.74. The van der Waals surface area contributed by atoms with Gasteiger partial charge < -0.3 is 10.1 Å². The van der Waals surface area contributed by atoms with Crippen molar-refractivity contribution in [1.82, 2.24) is 5.32 Å². The Bertz CT molecular complexity index is 1150. The smallest absolute Gasteiger partial charge is 0.250 e. The molecule has 156 valence electrons. The number of fused-ring (bicyclic) bond motifs is 2. The predicted molar refractivity (Wildman–Crippen MR) is 116 cm³/mol. The highest BCUT2D eigenvalue weighted by Crippen LogP contribution is 2.55. The largest absolute Gasteiger partial charge is 0.497 e. The van der Waals surface area contributed by atoms with Gasteiger partial charge in [0.15, 0.2) is 0 Å². The monoisotopic (exact) mass is 415 g/mol. The van der Waals surface area contributed by atoms with E-state index in [1.165, 1.54) is 0 Å². The molecule has 1 spiro atoms. The molecule has 1 fully saturated rings. The van der Waals surface area contributed by atoms with Gasteiger partial charge in [0.05, 0.1) is 13.0 Å². The number of carbonyl (C=O) groups excluding carboxylic acids is 1. The summed E-state index contributed by atoms with van der Waals surface area (Å²) in [6.45, 7) is 0. The summed E-state index contributed by atoms with van der Waals surface area (Å²) in [5.41, 5.74) is 1.63. The predicted octanol–water partition coefficient (Wildman–Crippen LogP) is 3.62. The molecule has 3 aromatic carbocycles. The second-order valence-corrected chi connectivity index (χ2v) is 7.87. The summed E-state index contributed by atoms with van der Waals surface area (Å²) in [6.07, 6.45) is 0. The number of hydrogen-bond donors (Lipinski definition) is 2. The first kappa shape index (κ1) is 19.3. The Morgan fingerprint density at radius 3 is 2.29 bits per heavy atom. The third-order valence-corrected chi connectivity index (χ3v) is 6.37. The number of rotatable bonds is 4. The zero-order chi connectivity index (χ0) is 21.6. The standard InChI is InChI=1S/C24H21N3O4/c1-31-17-13-11-15(12-14-17)20-22(27(29)30)21(16-7-3-2-4-8-16)26-24(20)18-9-5-6-10-19(18)25-23(24)28/h2-14,20-22,26H,1H3,(H,25,28)/t20-,21-,22-,24+/m1/s1. The molecule has 7 nitrogen and oxygen atoms in total. The van der Waals surface area contributed by atoms with Crippen molar-refractivity contribution in [2.24, 2.45) is 0 Å². The first-order valence-electron chi connectivity index (χ1n) is 10.1. The molecule has 2 N–H and O–H groups in total. The maximum Gasteiger partial charge on any atom is 0.250 e. The second kappa shape index (κ2) is 7.21. The summed E-state index contributed by atoms with van der Waals surface area (Å²) in [4.78, 5) is 25.7. The summed E-state index contributed by atoms with van der Waals surface area (Å²) in [5.74, 6) is -0.348. The van der Waals surface area contributed by atoms with Crippen LogP contribution < -0.4 is 15.4 Å². The number of anilines is 1. The zero-order valence-electron chi connectivity index (χ0n) is 16.8. The van der Waals surface area contributed by atoms with Crippen LogP contribution in [0.5, 0.6) is 5.75 Å². The number of nitrogens with zero attached hydrogens (tertiary/aromatic N) is 1. The van der Waals surface area contributed by atoms with Crippen LogP contribution in [0.25, 0.3) is 0 Å². The number of nitro groups is 1. The molecule has 0 aliphatic carbocycles. The highest BCUT2D eigenvalue weighted by Gasteiger charge is 2.66. The molecule has 3 aromatic rings. The topological polar surface area (TPSA) is 93.5 Å². The molecule has 1 amide bonds. The van der Waals surface area contributed by atoms with Crippen molar-refractivity contribution in [3.05, 3.63) is 106 Å². The Morgan fingerprint density at radius 2 is 1.61 bits per heavy atom. The van der Waals surface area contributed by atoms with E-state index in [4.69, 9.17) is 4.74 Å². The van der Waals surface area contributed by atoms with Gasteiger partial charge in [-0.3, -0.25) is 20.2 Å². The molecule has 0 radical (unpaired) electrons. The third kappa shape index (κ3) is 2.81. The molecule has 5 rings (SSSR count). The molecular formula is C24H21N3O4. The van der Waals surface area contributed by atoms with Crippen molar-refractivity contribution < 1.29 is 14.5 Å². The molecule has 0 unspecified atom stereocenters. The lowest BCUT2D eigenvalue weighted by molar-refractivity contribution is -0.527. The quantitative estimate of drug-likeness (QED) is 0.502. The number of ether oxygens (including phenoxy) is 1. The van der Waals surface area contributed by atoms with Crippen LogP contribution in [0.1, 0.15) is 28.7 Å². The molecule has 2 aliphatic rings. The first-order chi connectivity index (χ1) is 15.1. The van der Waals surface area contributed by atoms with Gasteiger partial charge in [-0.05, 0) is 29.3 Å². The second-order valence-electron chi connectivity index (χ2n) is 7.87. The minimum absolute atomic E-state index is 0.261. The van der Waals surface area contributed by atoms with Gasteiger partial charge in [-0.2, -0.15) is 0 Å². The Balaban J connectivity index is 1.75. The van der Waals surface area contributed by atoms with Crippen LogP contribution in [0.3, 0.4) is 0 Å². The summed E-state index contributed by atoms with van der Waals surface area (Å²) in [5, 5.41) is 18.8. The fourth-order valence-corrected chi connectivity index (χ4v) is 5.04. The fraction of sp³-hybridized carbons (Fsp3) is 0.208. The highest BCUT2D eigenvalue weighted by molar-refractivity contribution is 6.07. The van der Waals surface area contributed by atoms with Crippen molar-refractivity contribution >= 4 is 11.6 Å². The lowest BCUT2D eigenvalue weighted by Gasteiger charge is -2.29. The average molecular weight is 415 g/mol. The van der Waals surface area contributed by atoms with E-state index in [1.807, 2.05) is 66.7 Å². The number of methoxy groups -OCH3 is 1. The Morgan fingerprint density at radius 1 is 0.935 bits per heavy atom. The highest BCUT2D eigenvalue weighted by atomic mass is 16.6. The van der Waals surface area contributed by atoms with Gasteiger partial charge in [-0.25, -0.2) is 0 Å². The zero-order valence-corrected chi connectivity index (χ0v) is 16.8.